The maximum absolute atomic E-state index is 13.4. The summed E-state index contributed by atoms with van der Waals surface area (Å²) in [6, 6.07) is 7.36. The summed E-state index contributed by atoms with van der Waals surface area (Å²) in [6.45, 7) is 6.38. The molecule has 0 bridgehead atoms. The van der Waals surface area contributed by atoms with Crippen LogP contribution in [-0.4, -0.2) is 54.1 Å². The van der Waals surface area contributed by atoms with Crippen LogP contribution in [0.5, 0.6) is 0 Å². The largest absolute Gasteiger partial charge is 0.356 e. The van der Waals surface area contributed by atoms with Gasteiger partial charge in [-0.3, -0.25) is 29.3 Å². The minimum absolute atomic E-state index is 0.0873. The zero-order chi connectivity index (χ0) is 44.6. The summed E-state index contributed by atoms with van der Waals surface area (Å²) in [6.07, 6.45) is 35.4. The van der Waals surface area contributed by atoms with Crippen LogP contribution in [0.1, 0.15) is 186 Å². The van der Waals surface area contributed by atoms with Gasteiger partial charge in [0, 0.05) is 68.0 Å². The number of nitrogens with one attached hydrogen (secondary N) is 3. The van der Waals surface area contributed by atoms with Gasteiger partial charge in [-0.05, 0) is 62.0 Å². The number of para-hydroxylation sites is 1. The van der Waals surface area contributed by atoms with Crippen molar-refractivity contribution in [2.24, 2.45) is 0 Å². The fourth-order valence-corrected chi connectivity index (χ4v) is 8.17. The molecule has 3 N–H and O–H groups in total. The van der Waals surface area contributed by atoms with E-state index in [1.165, 1.54) is 115 Å². The highest BCUT2D eigenvalue weighted by atomic mass is 16.6. The van der Waals surface area contributed by atoms with Gasteiger partial charge in [0.2, 0.25) is 17.7 Å². The molecule has 1 aromatic carbocycles. The second-order valence-electron chi connectivity index (χ2n) is 17.2. The molecule has 62 heavy (non-hydrogen) atoms. The molecule has 1 aliphatic heterocycles. The van der Waals surface area contributed by atoms with E-state index in [0.717, 1.165) is 61.9 Å². The van der Waals surface area contributed by atoms with Crippen LogP contribution >= 0.6 is 0 Å². The number of carbonyl (C=O) groups is 4. The molecule has 1 unspecified atom stereocenters. The van der Waals surface area contributed by atoms with Gasteiger partial charge < -0.3 is 20.9 Å². The number of carbonyl (C=O) groups excluding carboxylic acids is 4. The Morgan fingerprint density at radius 2 is 1.26 bits per heavy atom. The second-order valence-corrected chi connectivity index (χ2v) is 17.2. The summed E-state index contributed by atoms with van der Waals surface area (Å²) in [4.78, 5) is 64.8. The molecule has 0 saturated carbocycles. The van der Waals surface area contributed by atoms with Gasteiger partial charge in [-0.25, -0.2) is 0 Å². The van der Waals surface area contributed by atoms with E-state index in [1.54, 1.807) is 6.08 Å². The lowest BCUT2D eigenvalue weighted by atomic mass is 10.0. The quantitative estimate of drug-likeness (QED) is 0.0266. The number of unbranched alkanes of at least 4 members (excludes halogenated alkanes) is 20. The fourth-order valence-electron chi connectivity index (χ4n) is 8.17. The van der Waals surface area contributed by atoms with Gasteiger partial charge in [-0.1, -0.05) is 154 Å². The SMILES string of the molecule is CCCCCCCCCCCCNC(=O)CCC(NC(=O)CCCCCN1/C(=C\C=C2\C=C([N+](=O)[O-])C=CC2=O)Cc2ccccc21)C(=O)NCCCCCCCCCCCC. The number of hydrogen-bond acceptors (Lipinski definition) is 7. The van der Waals surface area contributed by atoms with Crippen LogP contribution < -0.4 is 20.9 Å². The predicted molar refractivity (Wildman–Crippen MR) is 252 cm³/mol. The first kappa shape index (κ1) is 51.8. The van der Waals surface area contributed by atoms with Crippen LogP contribution in [0.4, 0.5) is 5.69 Å². The van der Waals surface area contributed by atoms with Crippen molar-refractivity contribution in [3.05, 3.63) is 87.3 Å². The number of amides is 3. The Morgan fingerprint density at radius 3 is 1.87 bits per heavy atom. The average Bonchev–Trinajstić information content (AvgIpc) is 3.62. The normalized spacial score (nSPS) is 15.2. The Bertz CT molecular complexity index is 1650. The summed E-state index contributed by atoms with van der Waals surface area (Å²) in [5.41, 5.74) is 3.39. The van der Waals surface area contributed by atoms with Crippen molar-refractivity contribution in [2.45, 2.75) is 193 Å². The lowest BCUT2D eigenvalue weighted by Gasteiger charge is -2.21. The summed E-state index contributed by atoms with van der Waals surface area (Å²) in [7, 11) is 0. The first-order valence-electron chi connectivity index (χ1n) is 24.4. The highest BCUT2D eigenvalue weighted by Gasteiger charge is 2.24. The molecule has 1 aromatic rings. The molecule has 0 saturated heterocycles. The van der Waals surface area contributed by atoms with Crippen LogP contribution in [0.15, 0.2) is 71.6 Å². The van der Waals surface area contributed by atoms with Crippen molar-refractivity contribution in [3.63, 3.8) is 0 Å². The smallest absolute Gasteiger partial charge is 0.270 e. The van der Waals surface area contributed by atoms with Crippen LogP contribution in [0, 0.1) is 10.1 Å². The third-order valence-corrected chi connectivity index (χ3v) is 11.9. The third-order valence-electron chi connectivity index (χ3n) is 11.9. The summed E-state index contributed by atoms with van der Waals surface area (Å²) < 4.78 is 0. The van der Waals surface area contributed by atoms with E-state index in [-0.39, 0.29) is 54.0 Å². The van der Waals surface area contributed by atoms with Crippen molar-refractivity contribution < 1.29 is 24.1 Å². The van der Waals surface area contributed by atoms with Crippen molar-refractivity contribution >= 4 is 29.2 Å². The molecule has 11 nitrogen and oxygen atoms in total. The molecule has 1 heterocycles. The van der Waals surface area contributed by atoms with E-state index in [9.17, 15) is 29.3 Å². The first-order chi connectivity index (χ1) is 30.2. The van der Waals surface area contributed by atoms with Gasteiger partial charge in [0.15, 0.2) is 5.78 Å². The zero-order valence-corrected chi connectivity index (χ0v) is 38.3. The van der Waals surface area contributed by atoms with Gasteiger partial charge in [0.1, 0.15) is 6.04 Å². The third kappa shape index (κ3) is 21.5. The minimum atomic E-state index is -0.764. The van der Waals surface area contributed by atoms with E-state index < -0.39 is 11.0 Å². The highest BCUT2D eigenvalue weighted by molar-refractivity contribution is 6.07. The molecule has 0 fully saturated rings. The van der Waals surface area contributed by atoms with Crippen molar-refractivity contribution in [2.75, 3.05) is 24.5 Å². The Labute approximate surface area is 373 Å². The molecule has 3 amide bonds. The molecule has 11 heteroatoms. The zero-order valence-electron chi connectivity index (χ0n) is 38.3. The monoisotopic (exact) mass is 858 g/mol. The summed E-state index contributed by atoms with van der Waals surface area (Å²) >= 11 is 0. The maximum atomic E-state index is 13.4. The average molecular weight is 858 g/mol. The summed E-state index contributed by atoms with van der Waals surface area (Å²) in [5, 5.41) is 20.3. The van der Waals surface area contributed by atoms with E-state index in [4.69, 9.17) is 0 Å². The van der Waals surface area contributed by atoms with Gasteiger partial charge in [0.25, 0.3) is 5.70 Å². The molecule has 1 atom stereocenters. The van der Waals surface area contributed by atoms with Gasteiger partial charge in [-0.2, -0.15) is 0 Å². The molecular weight excluding hydrogens is 779 g/mol. The molecule has 0 spiro atoms. The number of hydrogen-bond donors (Lipinski definition) is 3. The number of ketones is 1. The number of anilines is 1. The van der Waals surface area contributed by atoms with Gasteiger partial charge >= 0.3 is 0 Å². The molecule has 3 rings (SSSR count). The number of rotatable bonds is 35. The van der Waals surface area contributed by atoms with E-state index in [1.807, 2.05) is 18.2 Å². The lowest BCUT2D eigenvalue weighted by molar-refractivity contribution is -0.419. The maximum Gasteiger partial charge on any atom is 0.270 e. The first-order valence-corrected chi connectivity index (χ1v) is 24.4. The Morgan fingerprint density at radius 1 is 0.694 bits per heavy atom. The Kier molecular flexibility index (Phi) is 26.9. The van der Waals surface area contributed by atoms with Gasteiger partial charge in [0.05, 0.1) is 4.92 Å². The standard InChI is InChI=1S/C51H79N5O6/c1-3-5-7-9-11-13-15-17-19-25-37-52-49(58)36-34-46(51(60)53-38-26-20-18-16-14-12-10-8-6-4-2)54-50(59)30-22-21-27-39-55-44(40-42-28-23-24-29-47(42)55)32-31-43-41-45(56(61)62)33-35-48(43)57/h23-24,28-29,31-33,35,41,46H,3-22,25-27,30,34,36-40H2,1-2H3,(H,52,58)(H,53,60)(H,54,59)/b43-31-,44-32-. The molecule has 2 aliphatic rings. The molecule has 0 radical (unpaired) electrons. The van der Waals surface area contributed by atoms with E-state index in [0.29, 0.717) is 32.5 Å². The van der Waals surface area contributed by atoms with E-state index >= 15 is 0 Å². The van der Waals surface area contributed by atoms with Crippen molar-refractivity contribution in [3.8, 4) is 0 Å². The molecule has 344 valence electrons. The van der Waals surface area contributed by atoms with Gasteiger partial charge in [-0.15, -0.1) is 0 Å². The molecular formula is C51H79N5O6. The van der Waals surface area contributed by atoms with Crippen molar-refractivity contribution in [1.29, 1.82) is 0 Å². The van der Waals surface area contributed by atoms with E-state index in [2.05, 4.69) is 46.8 Å². The number of nitro groups is 1. The van der Waals surface area contributed by atoms with Crippen LogP contribution in [0.25, 0.3) is 0 Å². The number of benzene rings is 1. The number of fused-ring (bicyclic) bond motifs is 1. The molecule has 0 aromatic heterocycles. The van der Waals surface area contributed by atoms with Crippen LogP contribution in [0.2, 0.25) is 0 Å². The Hall–Kier alpha value is -4.54. The number of allylic oxidation sites excluding steroid dienone is 7. The predicted octanol–water partition coefficient (Wildman–Crippen LogP) is 11.1. The molecule has 1 aliphatic carbocycles. The Balaban J connectivity index is 1.44. The topological polar surface area (TPSA) is 151 Å². The van der Waals surface area contributed by atoms with Crippen LogP contribution in [0.3, 0.4) is 0 Å². The van der Waals surface area contributed by atoms with Crippen molar-refractivity contribution in [1.82, 2.24) is 16.0 Å². The summed E-state index contributed by atoms with van der Waals surface area (Å²) in [5.74, 6) is -0.781. The second kappa shape index (κ2) is 32.2. The fraction of sp³-hybridized carbons (Fsp3) is 0.647. The highest BCUT2D eigenvalue weighted by Crippen LogP contribution is 2.35. The number of nitrogens with zero attached hydrogens (tertiary/aromatic N) is 2. The van der Waals surface area contributed by atoms with Crippen LogP contribution in [-0.2, 0) is 25.6 Å². The lowest BCUT2D eigenvalue weighted by Crippen LogP contribution is -2.47. The minimum Gasteiger partial charge on any atom is -0.356 e.